The third-order valence-corrected chi connectivity index (χ3v) is 3.76. The normalized spacial score (nSPS) is 19.6. The number of aliphatic carboxylic acids is 1. The molecule has 1 aromatic carbocycles. The molecule has 22 heavy (non-hydrogen) atoms. The van der Waals surface area contributed by atoms with Crippen molar-refractivity contribution in [2.24, 2.45) is 10.2 Å². The molecule has 1 N–H and O–H groups in total. The molecule has 8 heteroatoms. The van der Waals surface area contributed by atoms with Crippen molar-refractivity contribution in [1.29, 1.82) is 0 Å². The maximum Gasteiger partial charge on any atom is 0.239 e. The summed E-state index contributed by atoms with van der Waals surface area (Å²) in [5.74, 6) is -0.993. The predicted octanol–water partition coefficient (Wildman–Crippen LogP) is 0.147. The summed E-state index contributed by atoms with van der Waals surface area (Å²) in [5, 5.41) is 20.3. The van der Waals surface area contributed by atoms with Gasteiger partial charge in [-0.1, -0.05) is 23.9 Å². The first-order valence-corrected chi connectivity index (χ1v) is 7.48. The van der Waals surface area contributed by atoms with E-state index in [1.807, 2.05) is 31.2 Å². The van der Waals surface area contributed by atoms with Gasteiger partial charge in [0.2, 0.25) is 5.91 Å². The first kappa shape index (κ1) is 16.0. The maximum absolute atomic E-state index is 11.5. The van der Waals surface area contributed by atoms with Gasteiger partial charge in [-0.25, -0.2) is 0 Å². The van der Waals surface area contributed by atoms with Gasteiger partial charge in [-0.3, -0.25) is 4.79 Å². The summed E-state index contributed by atoms with van der Waals surface area (Å²) >= 11 is 1.02. The number of para-hydroxylation sites is 1. The number of carbonyl (C=O) groups excluding carboxylic acids is 2. The number of nitrogens with zero attached hydrogens (tertiary/aromatic N) is 2. The second-order valence-corrected chi connectivity index (χ2v) is 5.48. The Morgan fingerprint density at radius 2 is 2.27 bits per heavy atom. The van der Waals surface area contributed by atoms with Crippen molar-refractivity contribution in [2.45, 2.75) is 18.6 Å². The van der Waals surface area contributed by atoms with Crippen molar-refractivity contribution in [3.8, 4) is 5.75 Å². The fraction of sp³-hybridized carbons (Fsp3) is 0.286. The van der Waals surface area contributed by atoms with E-state index in [4.69, 9.17) is 4.74 Å². The van der Waals surface area contributed by atoms with Gasteiger partial charge >= 0.3 is 0 Å². The molecule has 1 aliphatic heterocycles. The monoisotopic (exact) mass is 320 g/mol. The largest absolute Gasteiger partial charge is 0.550 e. The molecule has 2 rings (SSSR count). The molecule has 0 bridgehead atoms. The highest BCUT2D eigenvalue weighted by atomic mass is 32.2. The van der Waals surface area contributed by atoms with E-state index >= 15 is 0 Å². The summed E-state index contributed by atoms with van der Waals surface area (Å²) in [5.41, 5.74) is 0.759. The number of thioether (sulfide) groups is 1. The lowest BCUT2D eigenvalue weighted by molar-refractivity contribution is -0.305. The molecule has 1 atom stereocenters. The van der Waals surface area contributed by atoms with Crippen LogP contribution in [0, 0.1) is 0 Å². The van der Waals surface area contributed by atoms with Gasteiger partial charge < -0.3 is 20.0 Å². The Bertz CT molecular complexity index is 630. The van der Waals surface area contributed by atoms with Crippen LogP contribution < -0.4 is 15.2 Å². The minimum atomic E-state index is -1.27. The van der Waals surface area contributed by atoms with E-state index in [0.29, 0.717) is 12.4 Å². The molecule has 0 saturated carbocycles. The molecule has 0 aromatic heterocycles. The van der Waals surface area contributed by atoms with E-state index in [1.165, 1.54) is 6.21 Å². The van der Waals surface area contributed by atoms with Crippen molar-refractivity contribution >= 4 is 35.0 Å². The number of hydrogen-bond acceptors (Lipinski definition) is 7. The lowest BCUT2D eigenvalue weighted by atomic mass is 10.2. The molecular formula is C14H14N3O4S-. The fourth-order valence-electron chi connectivity index (χ4n) is 1.76. The van der Waals surface area contributed by atoms with Crippen LogP contribution in [-0.2, 0) is 9.59 Å². The fourth-order valence-corrected chi connectivity index (χ4v) is 2.66. The van der Waals surface area contributed by atoms with Gasteiger partial charge in [0.25, 0.3) is 0 Å². The predicted molar refractivity (Wildman–Crippen MR) is 81.8 cm³/mol. The van der Waals surface area contributed by atoms with Crippen LogP contribution in [-0.4, -0.2) is 35.1 Å². The first-order valence-electron chi connectivity index (χ1n) is 6.60. The SMILES string of the molecule is CCOc1ccccc1/C=N\N=C1\NC(=O)[C@@H](CC(=O)[O-])S1. The Balaban J connectivity index is 2.03. The molecule has 1 aromatic rings. The summed E-state index contributed by atoms with van der Waals surface area (Å²) in [4.78, 5) is 22.0. The zero-order valence-corrected chi connectivity index (χ0v) is 12.6. The van der Waals surface area contributed by atoms with Crippen LogP contribution in [0.15, 0.2) is 34.5 Å². The number of carbonyl (C=O) groups is 2. The van der Waals surface area contributed by atoms with Gasteiger partial charge in [0.05, 0.1) is 18.1 Å². The van der Waals surface area contributed by atoms with E-state index < -0.39 is 17.1 Å². The summed E-state index contributed by atoms with van der Waals surface area (Å²) in [6.45, 7) is 2.42. The molecule has 1 fully saturated rings. The van der Waals surface area contributed by atoms with Crippen LogP contribution >= 0.6 is 11.8 Å². The van der Waals surface area contributed by atoms with Gasteiger partial charge in [-0.05, 0) is 19.1 Å². The van der Waals surface area contributed by atoms with Crippen LogP contribution in [0.25, 0.3) is 0 Å². The number of amidine groups is 1. The van der Waals surface area contributed by atoms with Crippen molar-refractivity contribution in [2.75, 3.05) is 6.61 Å². The van der Waals surface area contributed by atoms with Crippen LogP contribution in [0.4, 0.5) is 0 Å². The first-order chi connectivity index (χ1) is 10.6. The minimum Gasteiger partial charge on any atom is -0.550 e. The van der Waals surface area contributed by atoms with Crippen LogP contribution in [0.5, 0.6) is 5.75 Å². The number of hydrogen-bond donors (Lipinski definition) is 1. The highest BCUT2D eigenvalue weighted by Gasteiger charge is 2.30. The summed E-state index contributed by atoms with van der Waals surface area (Å²) in [6.07, 6.45) is 1.16. The quantitative estimate of drug-likeness (QED) is 0.593. The summed E-state index contributed by atoms with van der Waals surface area (Å²) < 4.78 is 5.45. The number of ether oxygens (including phenoxy) is 1. The van der Waals surface area contributed by atoms with Crippen LogP contribution in [0.3, 0.4) is 0 Å². The highest BCUT2D eigenvalue weighted by Crippen LogP contribution is 2.22. The number of carboxylic acid groups (broad SMARTS) is 1. The molecule has 0 radical (unpaired) electrons. The average Bonchev–Trinajstić information content (AvgIpc) is 2.80. The second-order valence-electron chi connectivity index (χ2n) is 4.29. The Labute approximate surface area is 131 Å². The van der Waals surface area contributed by atoms with Crippen molar-refractivity contribution in [3.05, 3.63) is 29.8 Å². The van der Waals surface area contributed by atoms with Gasteiger partial charge in [0, 0.05) is 18.0 Å². The van der Waals surface area contributed by atoms with Crippen LogP contribution in [0.1, 0.15) is 18.9 Å². The lowest BCUT2D eigenvalue weighted by Gasteiger charge is -2.05. The van der Waals surface area contributed by atoms with Gasteiger partial charge in [-0.15, -0.1) is 5.10 Å². The lowest BCUT2D eigenvalue weighted by Crippen LogP contribution is -2.31. The topological polar surface area (TPSA) is 103 Å². The number of benzene rings is 1. The molecule has 1 aliphatic rings. The molecule has 7 nitrogen and oxygen atoms in total. The van der Waals surface area contributed by atoms with Gasteiger partial charge in [0.15, 0.2) is 5.17 Å². The van der Waals surface area contributed by atoms with Crippen molar-refractivity contribution in [3.63, 3.8) is 0 Å². The summed E-state index contributed by atoms with van der Waals surface area (Å²) in [7, 11) is 0. The Morgan fingerprint density at radius 1 is 1.50 bits per heavy atom. The number of rotatable bonds is 6. The molecule has 0 aliphatic carbocycles. The highest BCUT2D eigenvalue weighted by molar-refractivity contribution is 8.15. The number of amides is 1. The van der Waals surface area contributed by atoms with Gasteiger partial charge in [0.1, 0.15) is 5.75 Å². The third kappa shape index (κ3) is 4.32. The van der Waals surface area contributed by atoms with Crippen LogP contribution in [0.2, 0.25) is 0 Å². The molecule has 0 spiro atoms. The van der Waals surface area contributed by atoms with E-state index in [0.717, 1.165) is 17.3 Å². The zero-order valence-electron chi connectivity index (χ0n) is 11.8. The van der Waals surface area contributed by atoms with E-state index in [-0.39, 0.29) is 11.6 Å². The Kier molecular flexibility index (Phi) is 5.54. The minimum absolute atomic E-state index is 0.265. The second kappa shape index (κ2) is 7.60. The number of nitrogens with one attached hydrogen (secondary N) is 1. The van der Waals surface area contributed by atoms with E-state index in [2.05, 4.69) is 15.5 Å². The Hall–Kier alpha value is -2.35. The third-order valence-electron chi connectivity index (χ3n) is 2.69. The molecule has 1 saturated heterocycles. The average molecular weight is 320 g/mol. The summed E-state index contributed by atoms with van der Waals surface area (Å²) in [6, 6.07) is 7.35. The standard InChI is InChI=1S/C14H15N3O4S/c1-2-21-10-6-4-3-5-9(10)8-15-17-14-16-13(20)11(22-14)7-12(18)19/h3-6,8,11H,2,7H2,1H3,(H,18,19)(H,16,17,20)/p-1/b15-8-/t11-/m1/s1. The van der Waals surface area contributed by atoms with E-state index in [9.17, 15) is 14.7 Å². The molecule has 0 unspecified atom stereocenters. The zero-order chi connectivity index (χ0) is 15.9. The molecule has 116 valence electrons. The van der Waals surface area contributed by atoms with Crippen molar-refractivity contribution in [1.82, 2.24) is 5.32 Å². The maximum atomic E-state index is 11.5. The molecular weight excluding hydrogens is 306 g/mol. The Morgan fingerprint density at radius 3 is 3.00 bits per heavy atom. The number of carboxylic acids is 1. The molecule has 1 heterocycles. The van der Waals surface area contributed by atoms with E-state index in [1.54, 1.807) is 0 Å². The smallest absolute Gasteiger partial charge is 0.239 e. The van der Waals surface area contributed by atoms with Gasteiger partial charge in [-0.2, -0.15) is 5.10 Å². The molecule has 1 amide bonds. The van der Waals surface area contributed by atoms with Crippen molar-refractivity contribution < 1.29 is 19.4 Å².